The fourth-order valence-corrected chi connectivity index (χ4v) is 3.92. The number of fused-ring (bicyclic) bond motifs is 1. The molecular weight excluding hydrogens is 360 g/mol. The van der Waals surface area contributed by atoms with Gasteiger partial charge >= 0.3 is 0 Å². The van der Waals surface area contributed by atoms with E-state index in [1.165, 1.54) is 28.9 Å². The van der Waals surface area contributed by atoms with Crippen LogP contribution in [-0.2, 0) is 6.54 Å². The van der Waals surface area contributed by atoms with E-state index in [9.17, 15) is 9.59 Å². The molecule has 3 aromatic rings. The van der Waals surface area contributed by atoms with Crippen molar-refractivity contribution in [3.63, 3.8) is 0 Å². The number of amides is 1. The van der Waals surface area contributed by atoms with Crippen LogP contribution in [0.3, 0.4) is 0 Å². The third-order valence-electron chi connectivity index (χ3n) is 4.79. The summed E-state index contributed by atoms with van der Waals surface area (Å²) in [7, 11) is 0. The highest BCUT2D eigenvalue weighted by molar-refractivity contribution is 7.14. The average Bonchev–Trinajstić information content (AvgIpc) is 3.43. The summed E-state index contributed by atoms with van der Waals surface area (Å²) >= 11 is 1.43. The molecule has 0 radical (unpaired) electrons. The van der Waals surface area contributed by atoms with Crippen LogP contribution in [0.1, 0.15) is 61.1 Å². The van der Waals surface area contributed by atoms with Crippen molar-refractivity contribution < 1.29 is 4.79 Å². The number of unbranched alkanes of at least 4 members (excludes halogenated alkanes) is 2. The fourth-order valence-electron chi connectivity index (χ4n) is 3.13. The van der Waals surface area contributed by atoms with E-state index in [0.717, 1.165) is 25.0 Å². The number of carbonyl (C=O) groups excluding carboxylic acids is 1. The average molecular weight is 382 g/mol. The molecule has 2 aromatic heterocycles. The van der Waals surface area contributed by atoms with E-state index in [0.29, 0.717) is 28.4 Å². The second kappa shape index (κ2) is 7.60. The minimum atomic E-state index is -0.327. The standard InChI is InChI=1S/C20H22N4O2S/c1-2-3-6-11-24-19(26)15-8-5-4-7-14(15)17(23-24)18(25)22-20-21-16(12-27-20)13-9-10-13/h4-5,7-8,12-13H,2-3,6,9-11H2,1H3,(H,21,22,25). The highest BCUT2D eigenvalue weighted by Gasteiger charge is 2.26. The van der Waals surface area contributed by atoms with Crippen molar-refractivity contribution in [1.82, 2.24) is 14.8 Å². The minimum absolute atomic E-state index is 0.150. The van der Waals surface area contributed by atoms with Gasteiger partial charge in [-0.3, -0.25) is 14.9 Å². The van der Waals surface area contributed by atoms with Crippen molar-refractivity contribution in [2.24, 2.45) is 0 Å². The van der Waals surface area contributed by atoms with Crippen LogP contribution in [-0.4, -0.2) is 20.7 Å². The number of aromatic nitrogens is 3. The molecule has 2 heterocycles. The molecule has 0 unspecified atom stereocenters. The molecule has 1 aromatic carbocycles. The summed E-state index contributed by atoms with van der Waals surface area (Å²) in [5.74, 6) is 0.221. The van der Waals surface area contributed by atoms with Gasteiger partial charge in [0.05, 0.1) is 11.1 Å². The zero-order chi connectivity index (χ0) is 18.8. The Bertz CT molecular complexity index is 1040. The van der Waals surface area contributed by atoms with Crippen LogP contribution < -0.4 is 10.9 Å². The number of rotatable bonds is 7. The molecule has 1 aliphatic carbocycles. The predicted octanol–water partition coefficient (Wildman–Crippen LogP) is 4.17. The quantitative estimate of drug-likeness (QED) is 0.622. The number of nitrogens with one attached hydrogen (secondary N) is 1. The van der Waals surface area contributed by atoms with Crippen LogP contribution in [0, 0.1) is 0 Å². The molecule has 1 N–H and O–H groups in total. The van der Waals surface area contributed by atoms with E-state index >= 15 is 0 Å². The maximum absolute atomic E-state index is 12.9. The van der Waals surface area contributed by atoms with Gasteiger partial charge in [0.1, 0.15) is 0 Å². The molecule has 0 atom stereocenters. The molecule has 0 saturated heterocycles. The molecule has 0 aliphatic heterocycles. The molecule has 1 aliphatic rings. The monoisotopic (exact) mass is 382 g/mol. The van der Waals surface area contributed by atoms with Gasteiger partial charge in [0.2, 0.25) is 0 Å². The van der Waals surface area contributed by atoms with Gasteiger partial charge in [-0.05, 0) is 25.3 Å². The van der Waals surface area contributed by atoms with E-state index in [-0.39, 0.29) is 17.2 Å². The van der Waals surface area contributed by atoms with Gasteiger partial charge in [0.15, 0.2) is 10.8 Å². The van der Waals surface area contributed by atoms with E-state index in [4.69, 9.17) is 0 Å². The zero-order valence-electron chi connectivity index (χ0n) is 15.3. The van der Waals surface area contributed by atoms with Gasteiger partial charge in [0, 0.05) is 23.2 Å². The molecule has 27 heavy (non-hydrogen) atoms. The minimum Gasteiger partial charge on any atom is -0.296 e. The normalized spacial score (nSPS) is 13.8. The Morgan fingerprint density at radius 3 is 2.78 bits per heavy atom. The molecule has 0 bridgehead atoms. The van der Waals surface area contributed by atoms with Crippen LogP contribution in [0.25, 0.3) is 10.8 Å². The highest BCUT2D eigenvalue weighted by Crippen LogP contribution is 2.40. The first-order valence-corrected chi connectivity index (χ1v) is 10.3. The summed E-state index contributed by atoms with van der Waals surface area (Å²) < 4.78 is 1.42. The van der Waals surface area contributed by atoms with Gasteiger partial charge < -0.3 is 0 Å². The second-order valence-electron chi connectivity index (χ2n) is 6.94. The predicted molar refractivity (Wildman–Crippen MR) is 108 cm³/mol. The smallest absolute Gasteiger partial charge is 0.278 e. The number of nitrogens with zero attached hydrogens (tertiary/aromatic N) is 3. The molecule has 7 heteroatoms. The third-order valence-corrected chi connectivity index (χ3v) is 5.57. The van der Waals surface area contributed by atoms with Gasteiger partial charge in [-0.2, -0.15) is 5.10 Å². The number of anilines is 1. The van der Waals surface area contributed by atoms with Gasteiger partial charge in [0.25, 0.3) is 11.5 Å². The second-order valence-corrected chi connectivity index (χ2v) is 7.79. The van der Waals surface area contributed by atoms with Crippen molar-refractivity contribution in [3.05, 3.63) is 51.4 Å². The Balaban J connectivity index is 1.66. The summed E-state index contributed by atoms with van der Waals surface area (Å²) in [6.45, 7) is 2.63. The highest BCUT2D eigenvalue weighted by atomic mass is 32.1. The molecule has 4 rings (SSSR count). The number of thiazole rings is 1. The number of benzene rings is 1. The zero-order valence-corrected chi connectivity index (χ0v) is 16.1. The Morgan fingerprint density at radius 1 is 1.26 bits per heavy atom. The van der Waals surface area contributed by atoms with Crippen LogP contribution in [0.15, 0.2) is 34.4 Å². The number of aryl methyl sites for hydroxylation is 1. The molecule has 140 valence electrons. The van der Waals surface area contributed by atoms with Gasteiger partial charge in [-0.1, -0.05) is 38.0 Å². The number of hydrogen-bond donors (Lipinski definition) is 1. The Hall–Kier alpha value is -2.54. The van der Waals surface area contributed by atoms with Crippen LogP contribution in [0.2, 0.25) is 0 Å². The largest absolute Gasteiger partial charge is 0.296 e. The summed E-state index contributed by atoms with van der Waals surface area (Å²) in [6, 6.07) is 7.15. The van der Waals surface area contributed by atoms with Crippen LogP contribution >= 0.6 is 11.3 Å². The summed E-state index contributed by atoms with van der Waals surface area (Å²) in [4.78, 5) is 30.1. The molecule has 6 nitrogen and oxygen atoms in total. The maximum Gasteiger partial charge on any atom is 0.278 e. The summed E-state index contributed by atoms with van der Waals surface area (Å²) in [6.07, 6.45) is 5.28. The topological polar surface area (TPSA) is 76.9 Å². The van der Waals surface area contributed by atoms with Crippen molar-refractivity contribution in [2.45, 2.75) is 51.5 Å². The molecule has 0 spiro atoms. The third kappa shape index (κ3) is 3.78. The first kappa shape index (κ1) is 17.9. The van der Waals surface area contributed by atoms with Crippen LogP contribution in [0.5, 0.6) is 0 Å². The summed E-state index contributed by atoms with van der Waals surface area (Å²) in [5, 5.41) is 10.9. The maximum atomic E-state index is 12.9. The SMILES string of the molecule is CCCCCn1nc(C(=O)Nc2nc(C3CC3)cs2)c2ccccc2c1=O. The Labute approximate surface area is 161 Å². The van der Waals surface area contributed by atoms with E-state index < -0.39 is 0 Å². The lowest BCUT2D eigenvalue weighted by Crippen LogP contribution is -2.27. The first-order valence-electron chi connectivity index (χ1n) is 9.44. The van der Waals surface area contributed by atoms with Crippen molar-refractivity contribution >= 4 is 33.1 Å². The lowest BCUT2D eigenvalue weighted by Gasteiger charge is -2.10. The molecule has 1 saturated carbocycles. The first-order chi connectivity index (χ1) is 13.2. The van der Waals surface area contributed by atoms with Crippen molar-refractivity contribution in [1.29, 1.82) is 0 Å². The van der Waals surface area contributed by atoms with E-state index in [1.54, 1.807) is 12.1 Å². The summed E-state index contributed by atoms with van der Waals surface area (Å²) in [5.41, 5.74) is 1.17. The van der Waals surface area contributed by atoms with Gasteiger partial charge in [-0.25, -0.2) is 9.67 Å². The lowest BCUT2D eigenvalue weighted by atomic mass is 10.1. The molecular formula is C20H22N4O2S. The number of carbonyl (C=O) groups is 1. The van der Waals surface area contributed by atoms with E-state index in [2.05, 4.69) is 22.3 Å². The van der Waals surface area contributed by atoms with Gasteiger partial charge in [-0.15, -0.1) is 11.3 Å². The molecule has 1 amide bonds. The molecule has 1 fully saturated rings. The van der Waals surface area contributed by atoms with E-state index in [1.807, 2.05) is 17.5 Å². The Morgan fingerprint density at radius 2 is 2.04 bits per heavy atom. The van der Waals surface area contributed by atoms with Crippen molar-refractivity contribution in [2.75, 3.05) is 5.32 Å². The van der Waals surface area contributed by atoms with Crippen molar-refractivity contribution in [3.8, 4) is 0 Å². The Kier molecular flexibility index (Phi) is 5.03. The number of hydrogen-bond acceptors (Lipinski definition) is 5. The van der Waals surface area contributed by atoms with Crippen LogP contribution in [0.4, 0.5) is 5.13 Å². The lowest BCUT2D eigenvalue weighted by molar-refractivity contribution is 0.102. The fraction of sp³-hybridized carbons (Fsp3) is 0.400.